The summed E-state index contributed by atoms with van der Waals surface area (Å²) in [6, 6.07) is 3.01. The highest BCUT2D eigenvalue weighted by Crippen LogP contribution is 2.26. The number of halogens is 1. The fraction of sp³-hybridized carbons (Fsp3) is 0.0909. The van der Waals surface area contributed by atoms with E-state index in [2.05, 4.69) is 15.5 Å². The number of aromatic hydroxyl groups is 1. The van der Waals surface area contributed by atoms with E-state index in [9.17, 15) is 19.1 Å². The summed E-state index contributed by atoms with van der Waals surface area (Å²) >= 11 is 1.97. The second-order valence-corrected chi connectivity index (χ2v) is 5.87. The van der Waals surface area contributed by atoms with Gasteiger partial charge in [0.2, 0.25) is 5.13 Å². The molecule has 0 fully saturated rings. The van der Waals surface area contributed by atoms with E-state index in [-0.39, 0.29) is 16.4 Å². The number of phenols is 1. The number of anilines is 1. The maximum absolute atomic E-state index is 12.8. The summed E-state index contributed by atoms with van der Waals surface area (Å²) in [7, 11) is 0. The van der Waals surface area contributed by atoms with Gasteiger partial charge < -0.3 is 10.2 Å². The lowest BCUT2D eigenvalue weighted by molar-refractivity contribution is -0.133. The maximum atomic E-state index is 12.8. The molecule has 0 atom stereocenters. The average Bonchev–Trinajstić information content (AvgIpc) is 2.83. The number of hydrogen-bond acceptors (Lipinski definition) is 7. The zero-order valence-corrected chi connectivity index (χ0v) is 11.9. The lowest BCUT2D eigenvalue weighted by Gasteiger charge is -2.03. The van der Waals surface area contributed by atoms with Crippen LogP contribution >= 0.6 is 23.1 Å². The first-order valence-corrected chi connectivity index (χ1v) is 7.24. The molecule has 0 aliphatic heterocycles. The third kappa shape index (κ3) is 4.13. The average molecular weight is 329 g/mol. The van der Waals surface area contributed by atoms with Gasteiger partial charge in [-0.1, -0.05) is 23.1 Å². The number of carboxylic acids is 1. The number of benzene rings is 1. The van der Waals surface area contributed by atoms with Gasteiger partial charge in [0.05, 0.1) is 11.3 Å². The largest absolute Gasteiger partial charge is 0.507 e. The molecular formula is C11H8FN3O4S2. The molecule has 1 aromatic heterocycles. The highest BCUT2D eigenvalue weighted by molar-refractivity contribution is 8.01. The summed E-state index contributed by atoms with van der Waals surface area (Å²) in [5.41, 5.74) is -0.105. The molecular weight excluding hydrogens is 321 g/mol. The zero-order chi connectivity index (χ0) is 15.4. The predicted molar refractivity (Wildman–Crippen MR) is 74.3 cm³/mol. The van der Waals surface area contributed by atoms with Gasteiger partial charge in [-0.05, 0) is 12.1 Å². The van der Waals surface area contributed by atoms with Crippen molar-refractivity contribution < 1.29 is 24.2 Å². The standard InChI is InChI=1S/C11H8FN3O4S2/c12-5-1-2-6(7(16)3-5)9(19)13-10-14-15-11(21-10)20-4-8(17)18/h1-3,16H,4H2,(H,17,18)(H,13,14,19). The van der Waals surface area contributed by atoms with Crippen LogP contribution in [0.4, 0.5) is 9.52 Å². The minimum absolute atomic E-state index is 0.105. The molecule has 0 bridgehead atoms. The van der Waals surface area contributed by atoms with E-state index in [1.54, 1.807) is 0 Å². The Balaban J connectivity index is 2.04. The second kappa shape index (κ2) is 6.50. The van der Waals surface area contributed by atoms with Crippen molar-refractivity contribution in [3.05, 3.63) is 29.6 Å². The van der Waals surface area contributed by atoms with Crippen molar-refractivity contribution in [2.24, 2.45) is 0 Å². The summed E-state index contributed by atoms with van der Waals surface area (Å²) in [4.78, 5) is 22.3. The van der Waals surface area contributed by atoms with Crippen molar-refractivity contribution in [3.63, 3.8) is 0 Å². The van der Waals surface area contributed by atoms with E-state index in [1.165, 1.54) is 0 Å². The number of rotatable bonds is 5. The van der Waals surface area contributed by atoms with Crippen LogP contribution in [0.25, 0.3) is 0 Å². The maximum Gasteiger partial charge on any atom is 0.313 e. The minimum atomic E-state index is -0.989. The molecule has 0 spiro atoms. The number of aromatic nitrogens is 2. The van der Waals surface area contributed by atoms with Crippen LogP contribution < -0.4 is 5.32 Å². The molecule has 110 valence electrons. The van der Waals surface area contributed by atoms with Gasteiger partial charge in [-0.3, -0.25) is 14.9 Å². The van der Waals surface area contributed by atoms with Crippen LogP contribution in [0.5, 0.6) is 5.75 Å². The Labute approximate surface area is 125 Å². The molecule has 10 heteroatoms. The molecule has 2 rings (SSSR count). The zero-order valence-electron chi connectivity index (χ0n) is 10.2. The third-order valence-electron chi connectivity index (χ3n) is 2.15. The Morgan fingerprint density at radius 3 is 2.81 bits per heavy atom. The monoisotopic (exact) mass is 329 g/mol. The van der Waals surface area contributed by atoms with E-state index < -0.39 is 23.4 Å². The fourth-order valence-electron chi connectivity index (χ4n) is 1.30. The van der Waals surface area contributed by atoms with Crippen LogP contribution in [0.2, 0.25) is 0 Å². The van der Waals surface area contributed by atoms with Crippen molar-refractivity contribution in [2.45, 2.75) is 4.34 Å². The van der Waals surface area contributed by atoms with Gasteiger partial charge in [0, 0.05) is 6.07 Å². The molecule has 7 nitrogen and oxygen atoms in total. The third-order valence-corrected chi connectivity index (χ3v) is 4.11. The topological polar surface area (TPSA) is 112 Å². The van der Waals surface area contributed by atoms with Crippen LogP contribution in [-0.4, -0.2) is 38.0 Å². The van der Waals surface area contributed by atoms with Crippen LogP contribution in [-0.2, 0) is 4.79 Å². The Kier molecular flexibility index (Phi) is 4.70. The van der Waals surface area contributed by atoms with Crippen molar-refractivity contribution in [3.8, 4) is 5.75 Å². The number of carbonyl (C=O) groups excluding carboxylic acids is 1. The number of nitrogens with one attached hydrogen (secondary N) is 1. The SMILES string of the molecule is O=C(O)CSc1nnc(NC(=O)c2ccc(F)cc2O)s1. The Morgan fingerprint density at radius 1 is 1.38 bits per heavy atom. The quantitative estimate of drug-likeness (QED) is 0.566. The normalized spacial score (nSPS) is 10.3. The van der Waals surface area contributed by atoms with Crippen LogP contribution in [0.15, 0.2) is 22.5 Å². The summed E-state index contributed by atoms with van der Waals surface area (Å²) in [5, 5.41) is 27.9. The van der Waals surface area contributed by atoms with Crippen LogP contribution in [0.1, 0.15) is 10.4 Å². The van der Waals surface area contributed by atoms with Crippen molar-refractivity contribution in [2.75, 3.05) is 11.1 Å². The van der Waals surface area contributed by atoms with Gasteiger partial charge >= 0.3 is 5.97 Å². The number of phenolic OH excluding ortho intramolecular Hbond substituents is 1. The highest BCUT2D eigenvalue weighted by atomic mass is 32.2. The molecule has 1 heterocycles. The van der Waals surface area contributed by atoms with Gasteiger partial charge in [-0.15, -0.1) is 10.2 Å². The van der Waals surface area contributed by atoms with E-state index >= 15 is 0 Å². The fourth-order valence-corrected chi connectivity index (χ4v) is 2.77. The number of nitrogens with zero attached hydrogens (tertiary/aromatic N) is 2. The van der Waals surface area contributed by atoms with E-state index in [0.717, 1.165) is 41.3 Å². The number of aliphatic carboxylic acids is 1. The van der Waals surface area contributed by atoms with Crippen molar-refractivity contribution in [1.29, 1.82) is 0 Å². The number of carboxylic acid groups (broad SMARTS) is 1. The predicted octanol–water partition coefficient (Wildman–Crippen LogP) is 1.81. The molecule has 0 radical (unpaired) electrons. The lowest BCUT2D eigenvalue weighted by Crippen LogP contribution is -2.12. The van der Waals surface area contributed by atoms with Crippen molar-refractivity contribution in [1.82, 2.24) is 10.2 Å². The van der Waals surface area contributed by atoms with Crippen LogP contribution in [0.3, 0.4) is 0 Å². The highest BCUT2D eigenvalue weighted by Gasteiger charge is 2.15. The first-order chi connectivity index (χ1) is 9.95. The first kappa shape index (κ1) is 15.2. The van der Waals surface area contributed by atoms with Gasteiger partial charge in [0.15, 0.2) is 4.34 Å². The number of carbonyl (C=O) groups is 2. The Bertz CT molecular complexity index is 692. The smallest absolute Gasteiger partial charge is 0.313 e. The van der Waals surface area contributed by atoms with Gasteiger partial charge in [-0.2, -0.15) is 0 Å². The molecule has 1 aromatic carbocycles. The van der Waals surface area contributed by atoms with E-state index in [1.807, 2.05) is 0 Å². The summed E-state index contributed by atoms with van der Waals surface area (Å²) in [6.45, 7) is 0. The molecule has 0 unspecified atom stereocenters. The molecule has 0 saturated carbocycles. The summed E-state index contributed by atoms with van der Waals surface area (Å²) in [6.07, 6.45) is 0. The molecule has 3 N–H and O–H groups in total. The van der Waals surface area contributed by atoms with Gasteiger partial charge in [0.1, 0.15) is 11.6 Å². The second-order valence-electron chi connectivity index (χ2n) is 3.67. The molecule has 0 saturated heterocycles. The molecule has 21 heavy (non-hydrogen) atoms. The van der Waals surface area contributed by atoms with Gasteiger partial charge in [0.25, 0.3) is 5.91 Å². The number of hydrogen-bond donors (Lipinski definition) is 3. The molecule has 1 amide bonds. The molecule has 2 aromatic rings. The molecule has 0 aliphatic rings. The van der Waals surface area contributed by atoms with E-state index in [4.69, 9.17) is 5.11 Å². The number of amides is 1. The van der Waals surface area contributed by atoms with Crippen molar-refractivity contribution >= 4 is 40.1 Å². The lowest BCUT2D eigenvalue weighted by atomic mass is 10.2. The first-order valence-electron chi connectivity index (χ1n) is 5.43. The number of thioether (sulfide) groups is 1. The van der Waals surface area contributed by atoms with E-state index in [0.29, 0.717) is 4.34 Å². The Hall–Kier alpha value is -2.20. The minimum Gasteiger partial charge on any atom is -0.507 e. The van der Waals surface area contributed by atoms with Gasteiger partial charge in [-0.25, -0.2) is 4.39 Å². The summed E-state index contributed by atoms with van der Waals surface area (Å²) in [5.74, 6) is -2.97. The summed E-state index contributed by atoms with van der Waals surface area (Å²) < 4.78 is 13.2. The Morgan fingerprint density at radius 2 is 2.14 bits per heavy atom. The molecule has 0 aliphatic carbocycles. The van der Waals surface area contributed by atoms with Crippen LogP contribution in [0, 0.1) is 5.82 Å².